The number of hydrogen-bond donors (Lipinski definition) is 1. The van der Waals surface area contributed by atoms with Crippen molar-refractivity contribution in [3.05, 3.63) is 16.6 Å². The van der Waals surface area contributed by atoms with Crippen molar-refractivity contribution in [1.29, 1.82) is 0 Å². The van der Waals surface area contributed by atoms with Crippen molar-refractivity contribution < 1.29 is 4.79 Å². The van der Waals surface area contributed by atoms with Crippen LogP contribution in [0.2, 0.25) is 0 Å². The van der Waals surface area contributed by atoms with E-state index < -0.39 is 0 Å². The molecular formula is C10H16N2OS. The largest absolute Gasteiger partial charge is 0.310 e. The van der Waals surface area contributed by atoms with Crippen molar-refractivity contribution in [3.8, 4) is 0 Å². The standard InChI is InChI=1S/C10H16N2OS/c1-2-3-4-5-11-8-9(13)10-12-6-7-14-10/h6-7,11H,2-5,8H2,1H3. The Bertz CT molecular complexity index is 259. The van der Waals surface area contributed by atoms with Gasteiger partial charge in [-0.15, -0.1) is 11.3 Å². The molecule has 3 nitrogen and oxygen atoms in total. The maximum atomic E-state index is 11.4. The Morgan fingerprint density at radius 2 is 2.43 bits per heavy atom. The van der Waals surface area contributed by atoms with Gasteiger partial charge in [0.25, 0.3) is 0 Å². The quantitative estimate of drug-likeness (QED) is 0.556. The number of hydrogen-bond acceptors (Lipinski definition) is 4. The van der Waals surface area contributed by atoms with E-state index in [0.717, 1.165) is 13.0 Å². The number of ketones is 1. The maximum Gasteiger partial charge on any atom is 0.205 e. The minimum Gasteiger partial charge on any atom is -0.310 e. The molecule has 78 valence electrons. The molecule has 4 heteroatoms. The predicted octanol–water partition coefficient (Wildman–Crippen LogP) is 2.11. The zero-order chi connectivity index (χ0) is 10.2. The van der Waals surface area contributed by atoms with E-state index in [0.29, 0.717) is 11.6 Å². The average molecular weight is 212 g/mol. The summed E-state index contributed by atoms with van der Waals surface area (Å²) in [6.45, 7) is 3.50. The van der Waals surface area contributed by atoms with Crippen LogP contribution in [0.4, 0.5) is 0 Å². The molecule has 0 aliphatic heterocycles. The second-order valence-electron chi connectivity index (χ2n) is 3.14. The molecule has 1 heterocycles. The normalized spacial score (nSPS) is 10.4. The monoisotopic (exact) mass is 212 g/mol. The van der Waals surface area contributed by atoms with Crippen LogP contribution in [0.25, 0.3) is 0 Å². The second-order valence-corrected chi connectivity index (χ2v) is 4.04. The number of nitrogens with zero attached hydrogens (tertiary/aromatic N) is 1. The Morgan fingerprint density at radius 3 is 3.07 bits per heavy atom. The van der Waals surface area contributed by atoms with Crippen LogP contribution in [-0.2, 0) is 0 Å². The molecule has 0 fully saturated rings. The second kappa shape index (κ2) is 6.68. The number of carbonyl (C=O) groups is 1. The Balaban J connectivity index is 2.10. The van der Waals surface area contributed by atoms with Gasteiger partial charge in [-0.25, -0.2) is 4.98 Å². The number of unbranched alkanes of at least 4 members (excludes halogenated alkanes) is 2. The van der Waals surface area contributed by atoms with E-state index >= 15 is 0 Å². The predicted molar refractivity (Wildman–Crippen MR) is 58.8 cm³/mol. The van der Waals surface area contributed by atoms with E-state index in [2.05, 4.69) is 17.2 Å². The molecular weight excluding hydrogens is 196 g/mol. The minimum atomic E-state index is 0.0940. The van der Waals surface area contributed by atoms with Gasteiger partial charge in [0.2, 0.25) is 5.78 Å². The van der Waals surface area contributed by atoms with Crippen LogP contribution in [0.3, 0.4) is 0 Å². The lowest BCUT2D eigenvalue weighted by Gasteiger charge is -2.01. The van der Waals surface area contributed by atoms with Gasteiger partial charge in [0.1, 0.15) is 0 Å². The van der Waals surface area contributed by atoms with Crippen LogP contribution >= 0.6 is 11.3 Å². The SMILES string of the molecule is CCCCCNCC(=O)c1nccs1. The number of thiazole rings is 1. The molecule has 1 aromatic heterocycles. The summed E-state index contributed by atoms with van der Waals surface area (Å²) in [6.07, 6.45) is 5.23. The third-order valence-electron chi connectivity index (χ3n) is 1.91. The fourth-order valence-electron chi connectivity index (χ4n) is 1.14. The lowest BCUT2D eigenvalue weighted by molar-refractivity contribution is 0.0991. The highest BCUT2D eigenvalue weighted by Gasteiger charge is 2.06. The number of Topliss-reactive ketones (excluding diaryl/α,β-unsaturated/α-hetero) is 1. The highest BCUT2D eigenvalue weighted by Crippen LogP contribution is 2.03. The molecule has 1 rings (SSSR count). The van der Waals surface area contributed by atoms with Crippen LogP contribution in [-0.4, -0.2) is 23.9 Å². The summed E-state index contributed by atoms with van der Waals surface area (Å²) in [5.74, 6) is 0.0940. The molecule has 0 unspecified atom stereocenters. The molecule has 0 atom stereocenters. The summed E-state index contributed by atoms with van der Waals surface area (Å²) in [4.78, 5) is 15.4. The van der Waals surface area contributed by atoms with Crippen LogP contribution in [0, 0.1) is 0 Å². The topological polar surface area (TPSA) is 42.0 Å². The molecule has 1 N–H and O–H groups in total. The third-order valence-corrected chi connectivity index (χ3v) is 2.73. The van der Waals surface area contributed by atoms with Gasteiger partial charge in [-0.05, 0) is 13.0 Å². The fraction of sp³-hybridized carbons (Fsp3) is 0.600. The Kier molecular flexibility index (Phi) is 5.40. The van der Waals surface area contributed by atoms with E-state index in [1.807, 2.05) is 5.38 Å². The van der Waals surface area contributed by atoms with Crippen LogP contribution in [0.1, 0.15) is 36.0 Å². The summed E-state index contributed by atoms with van der Waals surface area (Å²) in [6, 6.07) is 0. The first-order chi connectivity index (χ1) is 6.84. The van der Waals surface area contributed by atoms with Gasteiger partial charge >= 0.3 is 0 Å². The minimum absolute atomic E-state index is 0.0940. The molecule has 0 aliphatic carbocycles. The highest BCUT2D eigenvalue weighted by molar-refractivity contribution is 7.11. The van der Waals surface area contributed by atoms with Gasteiger partial charge in [0.15, 0.2) is 5.01 Å². The fourth-order valence-corrected chi connectivity index (χ4v) is 1.71. The van der Waals surface area contributed by atoms with Crippen molar-refractivity contribution in [1.82, 2.24) is 10.3 Å². The van der Waals surface area contributed by atoms with E-state index in [9.17, 15) is 4.79 Å². The van der Waals surface area contributed by atoms with Crippen molar-refractivity contribution in [2.24, 2.45) is 0 Å². The molecule has 14 heavy (non-hydrogen) atoms. The lowest BCUT2D eigenvalue weighted by Crippen LogP contribution is -2.23. The van der Waals surface area contributed by atoms with Crippen molar-refractivity contribution in [2.75, 3.05) is 13.1 Å². The zero-order valence-corrected chi connectivity index (χ0v) is 9.27. The average Bonchev–Trinajstić information content (AvgIpc) is 2.70. The van der Waals surface area contributed by atoms with Gasteiger partial charge < -0.3 is 5.32 Å². The molecule has 0 saturated carbocycles. The molecule has 0 spiro atoms. The zero-order valence-electron chi connectivity index (χ0n) is 8.45. The molecule has 0 aromatic carbocycles. The number of rotatable bonds is 7. The van der Waals surface area contributed by atoms with Gasteiger partial charge in [-0.3, -0.25) is 4.79 Å². The molecule has 0 aliphatic rings. The molecule has 0 saturated heterocycles. The molecule has 0 bridgehead atoms. The molecule has 1 aromatic rings. The van der Waals surface area contributed by atoms with E-state index in [1.165, 1.54) is 24.2 Å². The third kappa shape index (κ3) is 3.98. The van der Waals surface area contributed by atoms with Crippen molar-refractivity contribution in [2.45, 2.75) is 26.2 Å². The van der Waals surface area contributed by atoms with E-state index in [4.69, 9.17) is 0 Å². The first-order valence-electron chi connectivity index (χ1n) is 4.98. The van der Waals surface area contributed by atoms with E-state index in [-0.39, 0.29) is 5.78 Å². The Morgan fingerprint density at radius 1 is 1.57 bits per heavy atom. The van der Waals surface area contributed by atoms with Crippen molar-refractivity contribution >= 4 is 17.1 Å². The van der Waals surface area contributed by atoms with Gasteiger partial charge in [-0.1, -0.05) is 19.8 Å². The summed E-state index contributed by atoms with van der Waals surface area (Å²) in [7, 11) is 0. The van der Waals surface area contributed by atoms with Crippen LogP contribution in [0.15, 0.2) is 11.6 Å². The first kappa shape index (κ1) is 11.3. The summed E-state index contributed by atoms with van der Waals surface area (Å²) in [5, 5.41) is 5.55. The maximum absolute atomic E-state index is 11.4. The number of aromatic nitrogens is 1. The van der Waals surface area contributed by atoms with E-state index in [1.54, 1.807) is 6.20 Å². The molecule has 0 amide bonds. The van der Waals surface area contributed by atoms with Crippen LogP contribution in [0.5, 0.6) is 0 Å². The van der Waals surface area contributed by atoms with Crippen LogP contribution < -0.4 is 5.32 Å². The molecule has 0 radical (unpaired) electrons. The van der Waals surface area contributed by atoms with Gasteiger partial charge in [0.05, 0.1) is 6.54 Å². The lowest BCUT2D eigenvalue weighted by atomic mass is 10.2. The first-order valence-corrected chi connectivity index (χ1v) is 5.86. The van der Waals surface area contributed by atoms with Gasteiger partial charge in [0, 0.05) is 11.6 Å². The Labute approximate surface area is 88.6 Å². The Hall–Kier alpha value is -0.740. The number of carbonyl (C=O) groups excluding carboxylic acids is 1. The summed E-state index contributed by atoms with van der Waals surface area (Å²) >= 11 is 1.40. The summed E-state index contributed by atoms with van der Waals surface area (Å²) in [5.41, 5.74) is 0. The van der Waals surface area contributed by atoms with Crippen molar-refractivity contribution in [3.63, 3.8) is 0 Å². The summed E-state index contributed by atoms with van der Waals surface area (Å²) < 4.78 is 0. The van der Waals surface area contributed by atoms with Gasteiger partial charge in [-0.2, -0.15) is 0 Å². The highest BCUT2D eigenvalue weighted by atomic mass is 32.1. The smallest absolute Gasteiger partial charge is 0.205 e. The number of nitrogens with one attached hydrogen (secondary N) is 1.